The summed E-state index contributed by atoms with van der Waals surface area (Å²) in [7, 11) is 0. The Bertz CT molecular complexity index is 429. The van der Waals surface area contributed by atoms with E-state index in [1.165, 1.54) is 26.5 Å². The van der Waals surface area contributed by atoms with Crippen LogP contribution in [0.3, 0.4) is 0 Å². The molecule has 0 saturated heterocycles. The molecule has 0 N–H and O–H groups in total. The maximum atomic E-state index is 4.36. The van der Waals surface area contributed by atoms with Crippen molar-refractivity contribution in [2.45, 2.75) is 20.8 Å². The van der Waals surface area contributed by atoms with Gasteiger partial charge in [0.1, 0.15) is 0 Å². The predicted molar refractivity (Wildman–Crippen MR) is 52.9 cm³/mol. The molecule has 0 saturated carbocycles. The molecule has 0 amide bonds. The Balaban J connectivity index is 2.94. The monoisotopic (exact) mass is 225 g/mol. The third kappa shape index (κ3) is 1.03. The number of hydrogen-bond acceptors (Lipinski definition) is 1. The molecular weight excluding hydrogens is 213 g/mol. The summed E-state index contributed by atoms with van der Waals surface area (Å²) in [5.74, 6) is 0. The summed E-state index contributed by atoms with van der Waals surface area (Å²) in [6, 6.07) is 2.20. The minimum absolute atomic E-state index is 0.484. The molecule has 2 heteroatoms. The first-order valence-electron chi connectivity index (χ1n) is 4.00. The van der Waals surface area contributed by atoms with E-state index in [1.54, 1.807) is 0 Å². The molecule has 1 nitrogen and oxygen atoms in total. The van der Waals surface area contributed by atoms with Crippen LogP contribution < -0.4 is 0 Å². The van der Waals surface area contributed by atoms with Crippen LogP contribution in [-0.2, 0) is 0 Å². The average molecular weight is 224 g/mol. The van der Waals surface area contributed by atoms with Gasteiger partial charge in [-0.1, -0.05) is 0 Å². The molecule has 0 aliphatic carbocycles. The second-order valence-electron chi connectivity index (χ2n) is 3.14. The van der Waals surface area contributed by atoms with Crippen LogP contribution in [0.4, 0.5) is 0 Å². The summed E-state index contributed by atoms with van der Waals surface area (Å²) in [6.45, 7) is 6.56. The topological polar surface area (TPSA) is 12.9 Å². The van der Waals surface area contributed by atoms with E-state index < -0.39 is 0 Å². The molecule has 0 spiro atoms. The normalized spacial score (nSPS) is 10.9. The maximum absolute atomic E-state index is 4.36. The average Bonchev–Trinajstić information content (AvgIpc) is 2.48. The van der Waals surface area contributed by atoms with Gasteiger partial charge in [0.2, 0.25) is 0 Å². The molecule has 12 heavy (non-hydrogen) atoms. The van der Waals surface area contributed by atoms with Crippen molar-refractivity contribution in [3.63, 3.8) is 0 Å². The van der Waals surface area contributed by atoms with Crippen LogP contribution in [0.2, 0.25) is 0 Å². The minimum atomic E-state index is 0.484. The van der Waals surface area contributed by atoms with Gasteiger partial charge < -0.3 is 0 Å². The van der Waals surface area contributed by atoms with Gasteiger partial charge in [-0.3, -0.25) is 0 Å². The van der Waals surface area contributed by atoms with E-state index in [0.717, 1.165) is 0 Å². The van der Waals surface area contributed by atoms with E-state index in [9.17, 15) is 0 Å². The molecule has 2 aromatic rings. The van der Waals surface area contributed by atoms with Crippen LogP contribution in [0.15, 0.2) is 11.1 Å². The van der Waals surface area contributed by atoms with Crippen LogP contribution in [0, 0.1) is 20.8 Å². The van der Waals surface area contributed by atoms with E-state index in [-0.39, 0.29) is 0 Å². The van der Waals surface area contributed by atoms with Crippen molar-refractivity contribution >= 4 is 24.3 Å². The third-order valence-electron chi connectivity index (χ3n) is 2.44. The van der Waals surface area contributed by atoms with Gasteiger partial charge >= 0.3 is 77.9 Å². The van der Waals surface area contributed by atoms with Crippen molar-refractivity contribution in [1.82, 2.24) is 4.98 Å². The second kappa shape index (κ2) is 2.72. The Hall–Kier alpha value is -0.591. The van der Waals surface area contributed by atoms with Crippen LogP contribution in [-0.4, -0.2) is 19.5 Å². The number of nitrogens with zero attached hydrogens (tertiary/aromatic N) is 1. The zero-order valence-corrected chi connectivity index (χ0v) is 9.22. The van der Waals surface area contributed by atoms with Gasteiger partial charge in [0, 0.05) is 0 Å². The molecule has 0 unspecified atom stereocenters. The van der Waals surface area contributed by atoms with E-state index in [4.69, 9.17) is 0 Å². The Morgan fingerprint density at radius 2 is 1.92 bits per heavy atom. The first kappa shape index (κ1) is 8.03. The third-order valence-corrected chi connectivity index (χ3v) is 4.46. The zero-order chi connectivity index (χ0) is 8.72. The van der Waals surface area contributed by atoms with Gasteiger partial charge in [-0.2, -0.15) is 0 Å². The van der Waals surface area contributed by atoms with Crippen molar-refractivity contribution in [3.8, 4) is 0 Å². The van der Waals surface area contributed by atoms with Crippen molar-refractivity contribution in [2.24, 2.45) is 0 Å². The first-order valence-corrected chi connectivity index (χ1v) is 5.84. The molecule has 0 fully saturated rings. The summed E-state index contributed by atoms with van der Waals surface area (Å²) >= 11 is 0.484. The van der Waals surface area contributed by atoms with Crippen LogP contribution in [0.25, 0.3) is 9.78 Å². The quantitative estimate of drug-likeness (QED) is 0.625. The number of hydrogen-bond donors (Lipinski definition) is 0. The Kier molecular flexibility index (Phi) is 1.82. The Labute approximate surface area is 78.2 Å². The number of benzene rings is 1. The molecule has 0 aliphatic heterocycles. The number of aromatic nitrogens is 1. The fourth-order valence-corrected chi connectivity index (χ4v) is 3.17. The fraction of sp³-hybridized carbons (Fsp3) is 0.300. The first-order chi connectivity index (χ1) is 5.70. The molecule has 0 atom stereocenters. The molecule has 1 aromatic heterocycles. The molecule has 2 rings (SSSR count). The van der Waals surface area contributed by atoms with Crippen molar-refractivity contribution in [3.05, 3.63) is 27.8 Å². The van der Waals surface area contributed by atoms with E-state index >= 15 is 0 Å². The van der Waals surface area contributed by atoms with Crippen molar-refractivity contribution in [2.75, 3.05) is 0 Å². The standard InChI is InChI=1S/C10H11NSe/c1-6-4-9-10(12-5-11-9)8(3)7(6)2/h4-5H,1-3H3. The molecular formula is C10H11NSe. The summed E-state index contributed by atoms with van der Waals surface area (Å²) in [4.78, 5) is 4.36. The van der Waals surface area contributed by atoms with Gasteiger partial charge in [-0.25, -0.2) is 0 Å². The number of aryl methyl sites for hydroxylation is 2. The van der Waals surface area contributed by atoms with Gasteiger partial charge in [-0.15, -0.1) is 0 Å². The van der Waals surface area contributed by atoms with Crippen LogP contribution in [0.1, 0.15) is 16.7 Å². The summed E-state index contributed by atoms with van der Waals surface area (Å²) < 4.78 is 1.48. The molecule has 0 aliphatic rings. The second-order valence-corrected chi connectivity index (χ2v) is 4.94. The fourth-order valence-electron chi connectivity index (χ4n) is 1.42. The molecule has 0 radical (unpaired) electrons. The van der Waals surface area contributed by atoms with E-state index in [0.29, 0.717) is 14.5 Å². The van der Waals surface area contributed by atoms with E-state index in [1.807, 2.05) is 0 Å². The van der Waals surface area contributed by atoms with Crippen LogP contribution >= 0.6 is 0 Å². The summed E-state index contributed by atoms with van der Waals surface area (Å²) in [5.41, 5.74) is 5.44. The summed E-state index contributed by atoms with van der Waals surface area (Å²) in [6.07, 6.45) is 0. The Morgan fingerprint density at radius 3 is 2.67 bits per heavy atom. The zero-order valence-electron chi connectivity index (χ0n) is 7.51. The van der Waals surface area contributed by atoms with Gasteiger partial charge in [0.25, 0.3) is 0 Å². The number of fused-ring (bicyclic) bond motifs is 1. The molecule has 1 heterocycles. The van der Waals surface area contributed by atoms with Gasteiger partial charge in [-0.05, 0) is 0 Å². The van der Waals surface area contributed by atoms with Gasteiger partial charge in [0.05, 0.1) is 0 Å². The van der Waals surface area contributed by atoms with Crippen molar-refractivity contribution in [1.29, 1.82) is 0 Å². The SMILES string of the molecule is Cc1cc2nc[se]c2c(C)c1C. The van der Waals surface area contributed by atoms with E-state index in [2.05, 4.69) is 36.9 Å². The summed E-state index contributed by atoms with van der Waals surface area (Å²) in [5, 5.41) is 2.06. The number of rotatable bonds is 0. The van der Waals surface area contributed by atoms with Gasteiger partial charge in [0.15, 0.2) is 0 Å². The Morgan fingerprint density at radius 1 is 1.17 bits per heavy atom. The molecule has 0 bridgehead atoms. The molecule has 62 valence electrons. The van der Waals surface area contributed by atoms with Crippen LogP contribution in [0.5, 0.6) is 0 Å². The predicted octanol–water partition coefficient (Wildman–Crippen LogP) is 2.22. The van der Waals surface area contributed by atoms with Crippen molar-refractivity contribution < 1.29 is 0 Å². The molecule has 1 aromatic carbocycles.